The van der Waals surface area contributed by atoms with Crippen LogP contribution in [-0.2, 0) is 11.3 Å². The second kappa shape index (κ2) is 6.68. The molecule has 0 amide bonds. The molecule has 2 rings (SSSR count). The van der Waals surface area contributed by atoms with Crippen LogP contribution >= 0.6 is 27.3 Å². The lowest BCUT2D eigenvalue weighted by molar-refractivity contribution is -0.385. The molecule has 0 radical (unpaired) electrons. The van der Waals surface area contributed by atoms with Crippen LogP contribution < -0.4 is 4.74 Å². The molecule has 0 atom stereocenters. The third-order valence-corrected chi connectivity index (χ3v) is 4.16. The molecule has 8 heteroatoms. The molecule has 0 aliphatic carbocycles. The Morgan fingerprint density at radius 3 is 2.76 bits per heavy atom. The molecule has 110 valence electrons. The molecule has 1 heterocycles. The van der Waals surface area contributed by atoms with Gasteiger partial charge in [0, 0.05) is 11.6 Å². The quantitative estimate of drug-likeness (QED) is 0.453. The number of esters is 1. The van der Waals surface area contributed by atoms with Crippen LogP contribution in [0.2, 0.25) is 0 Å². The van der Waals surface area contributed by atoms with E-state index in [-0.39, 0.29) is 23.6 Å². The van der Waals surface area contributed by atoms with Gasteiger partial charge in [0.15, 0.2) is 5.75 Å². The summed E-state index contributed by atoms with van der Waals surface area (Å²) in [5, 5.41) is 12.8. The summed E-state index contributed by atoms with van der Waals surface area (Å²) in [6.45, 7) is 0.112. The van der Waals surface area contributed by atoms with Crippen molar-refractivity contribution in [3.05, 3.63) is 54.7 Å². The van der Waals surface area contributed by atoms with E-state index in [4.69, 9.17) is 9.47 Å². The third kappa shape index (κ3) is 3.79. The maximum Gasteiger partial charge on any atom is 0.338 e. The van der Waals surface area contributed by atoms with Gasteiger partial charge in [-0.25, -0.2) is 4.79 Å². The van der Waals surface area contributed by atoms with E-state index in [2.05, 4.69) is 15.9 Å². The van der Waals surface area contributed by atoms with Crippen molar-refractivity contribution in [1.82, 2.24) is 0 Å². The van der Waals surface area contributed by atoms with Gasteiger partial charge in [-0.1, -0.05) is 0 Å². The first-order valence-electron chi connectivity index (χ1n) is 5.73. The van der Waals surface area contributed by atoms with Crippen LogP contribution in [0.15, 0.2) is 33.4 Å². The average Bonchev–Trinajstić information content (AvgIpc) is 2.89. The minimum absolute atomic E-state index is 0.0957. The minimum atomic E-state index is -0.622. The molecule has 0 N–H and O–H groups in total. The summed E-state index contributed by atoms with van der Waals surface area (Å²) < 4.78 is 10.9. The molecule has 0 aliphatic rings. The van der Waals surface area contributed by atoms with Gasteiger partial charge in [0.1, 0.15) is 6.61 Å². The van der Waals surface area contributed by atoms with Crippen molar-refractivity contribution in [2.75, 3.05) is 7.11 Å². The Kier molecular flexibility index (Phi) is 4.92. The summed E-state index contributed by atoms with van der Waals surface area (Å²) >= 11 is 4.80. The van der Waals surface area contributed by atoms with E-state index in [9.17, 15) is 14.9 Å². The number of nitro benzene ring substituents is 1. The van der Waals surface area contributed by atoms with Gasteiger partial charge in [0.05, 0.1) is 21.4 Å². The fraction of sp³-hybridized carbons (Fsp3) is 0.154. The zero-order chi connectivity index (χ0) is 15.4. The number of ether oxygens (including phenoxy) is 2. The van der Waals surface area contributed by atoms with Crippen LogP contribution in [0.3, 0.4) is 0 Å². The molecule has 2 aromatic rings. The minimum Gasteiger partial charge on any atom is -0.490 e. The normalized spacial score (nSPS) is 10.2. The van der Waals surface area contributed by atoms with Gasteiger partial charge in [-0.15, -0.1) is 11.3 Å². The number of thiophene rings is 1. The van der Waals surface area contributed by atoms with E-state index in [1.54, 1.807) is 0 Å². The van der Waals surface area contributed by atoms with Gasteiger partial charge >= 0.3 is 11.7 Å². The molecule has 0 saturated carbocycles. The molecule has 6 nitrogen and oxygen atoms in total. The molecule has 1 aromatic carbocycles. The Labute approximate surface area is 132 Å². The number of halogens is 1. The summed E-state index contributed by atoms with van der Waals surface area (Å²) in [6, 6.07) is 5.78. The second-order valence-corrected chi connectivity index (χ2v) is 6.27. The fourth-order valence-electron chi connectivity index (χ4n) is 1.61. The van der Waals surface area contributed by atoms with Crippen molar-refractivity contribution in [3.63, 3.8) is 0 Å². The lowest BCUT2D eigenvalue weighted by Crippen LogP contribution is -2.06. The Hall–Kier alpha value is -1.93. The topological polar surface area (TPSA) is 78.7 Å². The van der Waals surface area contributed by atoms with Crippen LogP contribution in [0.25, 0.3) is 0 Å². The van der Waals surface area contributed by atoms with Gasteiger partial charge in [-0.3, -0.25) is 10.1 Å². The first-order valence-corrected chi connectivity index (χ1v) is 7.41. The monoisotopic (exact) mass is 371 g/mol. The molecule has 0 aliphatic heterocycles. The zero-order valence-electron chi connectivity index (χ0n) is 10.9. The molecule has 0 spiro atoms. The van der Waals surface area contributed by atoms with E-state index in [0.717, 1.165) is 15.4 Å². The first kappa shape index (κ1) is 15.5. The Morgan fingerprint density at radius 1 is 1.43 bits per heavy atom. The van der Waals surface area contributed by atoms with Gasteiger partial charge < -0.3 is 9.47 Å². The maximum atomic E-state index is 11.9. The number of rotatable bonds is 5. The molecular weight excluding hydrogens is 362 g/mol. The number of nitro groups is 1. The van der Waals surface area contributed by atoms with E-state index in [1.807, 2.05) is 11.4 Å². The van der Waals surface area contributed by atoms with Crippen molar-refractivity contribution in [1.29, 1.82) is 0 Å². The predicted molar refractivity (Wildman–Crippen MR) is 80.8 cm³/mol. The number of nitrogens with zero attached hydrogens (tertiary/aromatic N) is 1. The van der Waals surface area contributed by atoms with Crippen LogP contribution in [0.1, 0.15) is 15.9 Å². The summed E-state index contributed by atoms with van der Waals surface area (Å²) in [5.41, 5.74) is 0.685. The van der Waals surface area contributed by atoms with Crippen molar-refractivity contribution >= 4 is 38.9 Å². The summed E-state index contributed by atoms with van der Waals surface area (Å²) in [6.07, 6.45) is 0. The standard InChI is InChI=1S/C13H10BrNO5S/c1-19-11-3-2-9(5-10(11)15(17)18)13(16)20-6-8-4-12(14)21-7-8/h2-5,7H,6H2,1H3. The van der Waals surface area contributed by atoms with Crippen molar-refractivity contribution in [2.24, 2.45) is 0 Å². The lowest BCUT2D eigenvalue weighted by atomic mass is 10.2. The highest BCUT2D eigenvalue weighted by Crippen LogP contribution is 2.28. The highest BCUT2D eigenvalue weighted by Gasteiger charge is 2.19. The number of hydrogen-bond donors (Lipinski definition) is 0. The van der Waals surface area contributed by atoms with Crippen LogP contribution in [-0.4, -0.2) is 18.0 Å². The van der Waals surface area contributed by atoms with Crippen LogP contribution in [0.4, 0.5) is 5.69 Å². The largest absolute Gasteiger partial charge is 0.490 e. The van der Waals surface area contributed by atoms with Crippen LogP contribution in [0, 0.1) is 10.1 Å². The van der Waals surface area contributed by atoms with Crippen molar-refractivity contribution in [2.45, 2.75) is 6.61 Å². The molecule has 21 heavy (non-hydrogen) atoms. The van der Waals surface area contributed by atoms with Crippen molar-refractivity contribution in [3.8, 4) is 5.75 Å². The number of carbonyl (C=O) groups is 1. The molecule has 0 bridgehead atoms. The van der Waals surface area contributed by atoms with E-state index < -0.39 is 10.9 Å². The number of carbonyl (C=O) groups excluding carboxylic acids is 1. The van der Waals surface area contributed by atoms with Gasteiger partial charge in [-0.2, -0.15) is 0 Å². The summed E-state index contributed by atoms with van der Waals surface area (Å²) in [7, 11) is 1.33. The Bertz CT molecular complexity index is 685. The Morgan fingerprint density at radius 2 is 2.19 bits per heavy atom. The molecule has 0 fully saturated rings. The first-order chi connectivity index (χ1) is 10.0. The second-order valence-electron chi connectivity index (χ2n) is 3.98. The van der Waals surface area contributed by atoms with Gasteiger partial charge in [-0.05, 0) is 39.5 Å². The number of methoxy groups -OCH3 is 1. The van der Waals surface area contributed by atoms with Crippen LogP contribution in [0.5, 0.6) is 5.75 Å². The highest BCUT2D eigenvalue weighted by atomic mass is 79.9. The van der Waals surface area contributed by atoms with Gasteiger partial charge in [0.25, 0.3) is 0 Å². The fourth-order valence-corrected chi connectivity index (χ4v) is 2.81. The lowest BCUT2D eigenvalue weighted by Gasteiger charge is -2.05. The molecule has 1 aromatic heterocycles. The van der Waals surface area contributed by atoms with E-state index >= 15 is 0 Å². The zero-order valence-corrected chi connectivity index (χ0v) is 13.3. The maximum absolute atomic E-state index is 11.9. The summed E-state index contributed by atoms with van der Waals surface area (Å²) in [4.78, 5) is 22.2. The van der Waals surface area contributed by atoms with Crippen molar-refractivity contribution < 1.29 is 19.2 Å². The predicted octanol–water partition coefficient (Wildman–Crippen LogP) is 3.78. The molecule has 0 saturated heterocycles. The Balaban J connectivity index is 2.12. The van der Waals surface area contributed by atoms with E-state index in [0.29, 0.717) is 0 Å². The highest BCUT2D eigenvalue weighted by molar-refractivity contribution is 9.11. The molecule has 0 unspecified atom stereocenters. The summed E-state index contributed by atoms with van der Waals surface area (Å²) in [5.74, 6) is -0.526. The van der Waals surface area contributed by atoms with Gasteiger partial charge in [0.2, 0.25) is 0 Å². The average molecular weight is 372 g/mol. The number of hydrogen-bond acceptors (Lipinski definition) is 6. The van der Waals surface area contributed by atoms with E-state index in [1.165, 1.54) is 30.6 Å². The molecular formula is C13H10BrNO5S. The third-order valence-electron chi connectivity index (χ3n) is 2.60. The SMILES string of the molecule is COc1ccc(C(=O)OCc2csc(Br)c2)cc1[N+](=O)[O-]. The smallest absolute Gasteiger partial charge is 0.338 e. The number of benzene rings is 1.